The molecular weight excluding hydrogens is 310 g/mol. The Morgan fingerprint density at radius 2 is 1.76 bits per heavy atom. The number of hydroxylamine groups is 1. The van der Waals surface area contributed by atoms with Gasteiger partial charge in [-0.3, -0.25) is 10.0 Å². The van der Waals surface area contributed by atoms with E-state index in [9.17, 15) is 4.79 Å². The third kappa shape index (κ3) is 2.40. The molecule has 2 aromatic carbocycles. The summed E-state index contributed by atoms with van der Waals surface area (Å²) in [5.41, 5.74) is 3.66. The fourth-order valence-corrected chi connectivity index (χ4v) is 6.90. The van der Waals surface area contributed by atoms with Crippen LogP contribution in [0.1, 0.15) is 50.5 Å². The van der Waals surface area contributed by atoms with E-state index in [1.54, 1.807) is 0 Å². The van der Waals surface area contributed by atoms with Crippen molar-refractivity contribution in [1.82, 2.24) is 5.48 Å². The summed E-state index contributed by atoms with van der Waals surface area (Å²) in [4.78, 5) is 12.0. The number of amides is 1. The second-order valence-electron chi connectivity index (χ2n) is 9.02. The van der Waals surface area contributed by atoms with Gasteiger partial charge in [-0.05, 0) is 77.5 Å². The molecule has 0 radical (unpaired) electrons. The van der Waals surface area contributed by atoms with Gasteiger partial charge in [-0.25, -0.2) is 5.48 Å². The molecule has 2 aromatic rings. The van der Waals surface area contributed by atoms with Crippen LogP contribution in [0.5, 0.6) is 0 Å². The van der Waals surface area contributed by atoms with E-state index in [4.69, 9.17) is 5.21 Å². The minimum Gasteiger partial charge on any atom is -0.289 e. The number of hydrogen-bond acceptors (Lipinski definition) is 2. The Kier molecular flexibility index (Phi) is 3.27. The maximum Gasteiger partial charge on any atom is 0.243 e. The van der Waals surface area contributed by atoms with Crippen LogP contribution < -0.4 is 5.48 Å². The Bertz CT molecular complexity index is 829. The first-order valence-corrected chi connectivity index (χ1v) is 9.52. The third-order valence-electron chi connectivity index (χ3n) is 7.20. The molecule has 25 heavy (non-hydrogen) atoms. The van der Waals surface area contributed by atoms with E-state index in [1.807, 2.05) is 5.48 Å². The molecule has 1 amide bonds. The Labute approximate surface area is 148 Å². The summed E-state index contributed by atoms with van der Waals surface area (Å²) < 4.78 is 0. The van der Waals surface area contributed by atoms with Gasteiger partial charge in [0.1, 0.15) is 0 Å². The zero-order valence-electron chi connectivity index (χ0n) is 14.5. The van der Waals surface area contributed by atoms with Crippen LogP contribution in [-0.4, -0.2) is 11.1 Å². The maximum atomic E-state index is 12.0. The molecule has 0 saturated heterocycles. The lowest BCUT2D eigenvalue weighted by Gasteiger charge is -2.62. The van der Waals surface area contributed by atoms with Gasteiger partial charge >= 0.3 is 0 Å². The normalized spacial score (nSPS) is 35.9. The van der Waals surface area contributed by atoms with Crippen molar-refractivity contribution in [2.75, 3.05) is 0 Å². The standard InChI is InChI=1S/C22H25NO2/c24-20(23-25)13-21-9-15-7-16(10-21)12-22(11-15,14-21)19-6-5-17-3-1-2-4-18(17)8-19/h1-6,8,15-16,25H,7,9-14H2,(H,23,24). The number of carbonyl (C=O) groups excluding carboxylic acids is 1. The van der Waals surface area contributed by atoms with Crippen molar-refractivity contribution in [3.8, 4) is 0 Å². The Hall–Kier alpha value is -1.87. The lowest BCUT2D eigenvalue weighted by molar-refractivity contribution is -0.139. The average Bonchev–Trinajstić information content (AvgIpc) is 2.59. The van der Waals surface area contributed by atoms with Crippen molar-refractivity contribution in [3.63, 3.8) is 0 Å². The Balaban J connectivity index is 1.56. The van der Waals surface area contributed by atoms with Gasteiger partial charge in [-0.2, -0.15) is 0 Å². The van der Waals surface area contributed by atoms with E-state index in [0.717, 1.165) is 31.1 Å². The van der Waals surface area contributed by atoms with Gasteiger partial charge in [0.05, 0.1) is 0 Å². The first-order chi connectivity index (χ1) is 12.1. The van der Waals surface area contributed by atoms with Crippen molar-refractivity contribution in [3.05, 3.63) is 48.0 Å². The molecule has 0 aromatic heterocycles. The van der Waals surface area contributed by atoms with E-state index in [-0.39, 0.29) is 16.7 Å². The van der Waals surface area contributed by atoms with E-state index >= 15 is 0 Å². The van der Waals surface area contributed by atoms with Gasteiger partial charge in [0.25, 0.3) is 0 Å². The second kappa shape index (κ2) is 5.31. The number of benzene rings is 2. The molecule has 3 nitrogen and oxygen atoms in total. The molecule has 0 aliphatic heterocycles. The quantitative estimate of drug-likeness (QED) is 0.637. The lowest BCUT2D eigenvalue weighted by Crippen LogP contribution is -2.55. The smallest absolute Gasteiger partial charge is 0.243 e. The van der Waals surface area contributed by atoms with Gasteiger partial charge in [-0.15, -0.1) is 0 Å². The average molecular weight is 335 g/mol. The fourth-order valence-electron chi connectivity index (χ4n) is 6.90. The molecule has 2 atom stereocenters. The molecule has 4 bridgehead atoms. The van der Waals surface area contributed by atoms with Crippen molar-refractivity contribution >= 4 is 16.7 Å². The molecule has 4 aliphatic rings. The summed E-state index contributed by atoms with van der Waals surface area (Å²) >= 11 is 0. The van der Waals surface area contributed by atoms with Crippen LogP contribution in [0.4, 0.5) is 0 Å². The molecule has 2 unspecified atom stereocenters. The van der Waals surface area contributed by atoms with Crippen LogP contribution in [0, 0.1) is 17.3 Å². The van der Waals surface area contributed by atoms with Crippen LogP contribution in [0.25, 0.3) is 10.8 Å². The summed E-state index contributed by atoms with van der Waals surface area (Å²) in [6, 6.07) is 15.6. The van der Waals surface area contributed by atoms with Crippen LogP contribution in [0.3, 0.4) is 0 Å². The summed E-state index contributed by atoms with van der Waals surface area (Å²) in [6.45, 7) is 0. The van der Waals surface area contributed by atoms with E-state index < -0.39 is 0 Å². The molecule has 2 N–H and O–H groups in total. The van der Waals surface area contributed by atoms with Gasteiger partial charge < -0.3 is 0 Å². The molecule has 130 valence electrons. The summed E-state index contributed by atoms with van der Waals surface area (Å²) in [6.07, 6.45) is 7.76. The predicted octanol–water partition coefficient (Wildman–Crippen LogP) is 4.57. The molecule has 0 heterocycles. The van der Waals surface area contributed by atoms with Gasteiger partial charge in [0.15, 0.2) is 0 Å². The third-order valence-corrected chi connectivity index (χ3v) is 7.20. The largest absolute Gasteiger partial charge is 0.289 e. The molecule has 3 heteroatoms. The van der Waals surface area contributed by atoms with E-state index in [0.29, 0.717) is 6.42 Å². The topological polar surface area (TPSA) is 49.3 Å². The lowest BCUT2D eigenvalue weighted by atomic mass is 9.42. The highest BCUT2D eigenvalue weighted by atomic mass is 16.5. The fraction of sp³-hybridized carbons (Fsp3) is 0.500. The predicted molar refractivity (Wildman–Crippen MR) is 97.3 cm³/mol. The summed E-state index contributed by atoms with van der Waals surface area (Å²) in [5.74, 6) is 1.26. The van der Waals surface area contributed by atoms with Crippen molar-refractivity contribution in [1.29, 1.82) is 0 Å². The minimum atomic E-state index is -0.212. The highest BCUT2D eigenvalue weighted by Gasteiger charge is 2.58. The van der Waals surface area contributed by atoms with Gasteiger partial charge in [0, 0.05) is 6.42 Å². The number of nitrogens with one attached hydrogen (secondary N) is 1. The van der Waals surface area contributed by atoms with Crippen LogP contribution in [0.15, 0.2) is 42.5 Å². The number of fused-ring (bicyclic) bond motifs is 1. The zero-order valence-corrected chi connectivity index (χ0v) is 14.5. The molecule has 4 saturated carbocycles. The molecule has 6 rings (SSSR count). The Morgan fingerprint density at radius 3 is 2.48 bits per heavy atom. The highest BCUT2D eigenvalue weighted by molar-refractivity contribution is 5.83. The maximum absolute atomic E-state index is 12.0. The van der Waals surface area contributed by atoms with Crippen LogP contribution >= 0.6 is 0 Å². The van der Waals surface area contributed by atoms with Gasteiger partial charge in [0.2, 0.25) is 5.91 Å². The molecule has 0 spiro atoms. The zero-order chi connectivity index (χ0) is 17.1. The number of hydrogen-bond donors (Lipinski definition) is 2. The minimum absolute atomic E-state index is 0.0859. The van der Waals surface area contributed by atoms with Crippen molar-refractivity contribution in [2.45, 2.75) is 50.4 Å². The monoisotopic (exact) mass is 335 g/mol. The van der Waals surface area contributed by atoms with Crippen molar-refractivity contribution in [2.24, 2.45) is 17.3 Å². The first kappa shape index (κ1) is 15.4. The van der Waals surface area contributed by atoms with E-state index in [2.05, 4.69) is 42.5 Å². The summed E-state index contributed by atoms with van der Waals surface area (Å²) in [5, 5.41) is 11.7. The van der Waals surface area contributed by atoms with Crippen molar-refractivity contribution < 1.29 is 10.0 Å². The van der Waals surface area contributed by atoms with E-state index in [1.165, 1.54) is 35.6 Å². The number of rotatable bonds is 3. The first-order valence-electron chi connectivity index (χ1n) is 9.52. The molecule has 4 fully saturated rings. The second-order valence-corrected chi connectivity index (χ2v) is 9.02. The van der Waals surface area contributed by atoms with Crippen LogP contribution in [-0.2, 0) is 10.2 Å². The van der Waals surface area contributed by atoms with Crippen LogP contribution in [0.2, 0.25) is 0 Å². The van der Waals surface area contributed by atoms with Gasteiger partial charge in [-0.1, -0.05) is 42.5 Å². The SMILES string of the molecule is O=C(CC12CC3CC(C1)CC(c1ccc4ccccc4c1)(C3)C2)NO. The molecular formula is C22H25NO2. The highest BCUT2D eigenvalue weighted by Crippen LogP contribution is 2.66. The molecule has 4 aliphatic carbocycles. The Morgan fingerprint density at radius 1 is 1.04 bits per heavy atom. The number of carbonyl (C=O) groups is 1. The summed E-state index contributed by atoms with van der Waals surface area (Å²) in [7, 11) is 0.